The first-order valence-electron chi connectivity index (χ1n) is 17.4. The first kappa shape index (κ1) is 37.4. The number of likely N-dealkylation sites (tertiary alicyclic amines) is 1. The molecule has 2 aromatic carbocycles. The summed E-state index contributed by atoms with van der Waals surface area (Å²) in [6.07, 6.45) is 10.0. The lowest BCUT2D eigenvalue weighted by Crippen LogP contribution is -2.54. The summed E-state index contributed by atoms with van der Waals surface area (Å²) in [5.41, 5.74) is 1.20. The molecule has 4 rings (SSSR count). The SMILES string of the molecule is CC(C)[C@H](NC(=O)C(CC=Cc1ccccc1)CC(O)C(Cc1ccccc1)NC(=O)OC(C)(C)C)C(=O)N1CCC(n2ccnc2)CC1. The number of aliphatic hydroxyl groups excluding tert-OH is 1. The molecule has 0 spiro atoms. The van der Waals surface area contributed by atoms with Crippen LogP contribution in [0.3, 0.4) is 0 Å². The monoisotopic (exact) mass is 671 g/mol. The van der Waals surface area contributed by atoms with E-state index < -0.39 is 35.8 Å². The number of benzene rings is 2. The van der Waals surface area contributed by atoms with Crippen molar-refractivity contribution in [2.75, 3.05) is 13.1 Å². The van der Waals surface area contributed by atoms with Crippen molar-refractivity contribution < 1.29 is 24.2 Å². The quantitative estimate of drug-likeness (QED) is 0.199. The molecule has 2 heterocycles. The smallest absolute Gasteiger partial charge is 0.407 e. The van der Waals surface area contributed by atoms with E-state index in [1.807, 2.05) is 104 Å². The first-order chi connectivity index (χ1) is 23.4. The highest BCUT2D eigenvalue weighted by molar-refractivity contribution is 5.89. The van der Waals surface area contributed by atoms with Crippen LogP contribution in [0.2, 0.25) is 0 Å². The number of hydrogen-bond donors (Lipinski definition) is 3. The van der Waals surface area contributed by atoms with Crippen LogP contribution < -0.4 is 10.6 Å². The average molecular weight is 672 g/mol. The minimum atomic E-state index is -1.08. The Balaban J connectivity index is 1.50. The fraction of sp³-hybridized carbons (Fsp3) is 0.487. The van der Waals surface area contributed by atoms with Gasteiger partial charge in [0.25, 0.3) is 0 Å². The van der Waals surface area contributed by atoms with Crippen LogP contribution in [0.4, 0.5) is 4.79 Å². The van der Waals surface area contributed by atoms with E-state index >= 15 is 0 Å². The maximum atomic E-state index is 14.1. The molecule has 0 saturated carbocycles. The maximum absolute atomic E-state index is 14.1. The molecule has 0 aliphatic carbocycles. The fourth-order valence-corrected chi connectivity index (χ4v) is 6.16. The summed E-state index contributed by atoms with van der Waals surface area (Å²) in [5.74, 6) is -1.23. The summed E-state index contributed by atoms with van der Waals surface area (Å²) in [6.45, 7) is 10.4. The predicted octanol–water partition coefficient (Wildman–Crippen LogP) is 5.79. The van der Waals surface area contributed by atoms with E-state index in [-0.39, 0.29) is 24.2 Å². The molecule has 3 unspecified atom stereocenters. The Bertz CT molecular complexity index is 1480. The Hall–Kier alpha value is -4.44. The normalized spacial score (nSPS) is 16.6. The van der Waals surface area contributed by atoms with Crippen molar-refractivity contribution in [3.05, 3.63) is 96.6 Å². The Morgan fingerprint density at radius 2 is 1.65 bits per heavy atom. The number of aliphatic hydroxyl groups is 1. The standard InChI is InChI=1S/C39H53N5O5/c1-28(2)35(37(47)43-22-19-32(20-23-43)44-24-21-40-27-44)42-36(46)31(18-12-17-29-13-8-6-9-14-29)26-34(45)33(25-30-15-10-7-11-16-30)41-38(48)49-39(3,4)5/h6-17,21,24,27-28,31-35,45H,18-20,22-23,25-26H2,1-5H3,(H,41,48)(H,42,46)/t31?,33?,34?,35-/m0/s1. The maximum Gasteiger partial charge on any atom is 0.407 e. The lowest BCUT2D eigenvalue weighted by molar-refractivity contribution is -0.140. The molecule has 3 amide bonds. The third-order valence-electron chi connectivity index (χ3n) is 8.85. The molecule has 1 saturated heterocycles. The molecule has 1 fully saturated rings. The number of nitrogens with zero attached hydrogens (tertiary/aromatic N) is 3. The molecule has 3 N–H and O–H groups in total. The second-order valence-electron chi connectivity index (χ2n) is 14.3. The molecule has 49 heavy (non-hydrogen) atoms. The van der Waals surface area contributed by atoms with E-state index in [1.54, 1.807) is 27.0 Å². The molecule has 10 nitrogen and oxygen atoms in total. The van der Waals surface area contributed by atoms with Gasteiger partial charge in [-0.25, -0.2) is 9.78 Å². The summed E-state index contributed by atoms with van der Waals surface area (Å²) in [4.78, 5) is 46.8. The van der Waals surface area contributed by atoms with Gasteiger partial charge in [-0.2, -0.15) is 0 Å². The minimum Gasteiger partial charge on any atom is -0.444 e. The number of alkyl carbamates (subject to hydrolysis) is 1. The summed E-state index contributed by atoms with van der Waals surface area (Å²) in [7, 11) is 0. The molecule has 0 bridgehead atoms. The van der Waals surface area contributed by atoms with Crippen LogP contribution >= 0.6 is 0 Å². The number of aromatic nitrogens is 2. The highest BCUT2D eigenvalue weighted by atomic mass is 16.6. The van der Waals surface area contributed by atoms with Gasteiger partial charge in [0.1, 0.15) is 11.6 Å². The van der Waals surface area contributed by atoms with Crippen molar-refractivity contribution in [2.24, 2.45) is 11.8 Å². The summed E-state index contributed by atoms with van der Waals surface area (Å²) in [6, 6.07) is 18.2. The van der Waals surface area contributed by atoms with E-state index in [0.29, 0.717) is 32.0 Å². The average Bonchev–Trinajstić information content (AvgIpc) is 3.61. The molecule has 264 valence electrons. The van der Waals surface area contributed by atoms with Crippen LogP contribution in [0.5, 0.6) is 0 Å². The largest absolute Gasteiger partial charge is 0.444 e. The number of carbonyl (C=O) groups is 3. The van der Waals surface area contributed by atoms with E-state index in [1.165, 1.54) is 0 Å². The number of carbonyl (C=O) groups excluding carboxylic acids is 3. The second-order valence-corrected chi connectivity index (χ2v) is 14.3. The van der Waals surface area contributed by atoms with Gasteiger partial charge in [0, 0.05) is 37.4 Å². The number of hydrogen-bond acceptors (Lipinski definition) is 6. The number of piperidine rings is 1. The number of amides is 3. The van der Waals surface area contributed by atoms with Gasteiger partial charge in [-0.3, -0.25) is 9.59 Å². The van der Waals surface area contributed by atoms with E-state index in [0.717, 1.165) is 24.0 Å². The number of ether oxygens (including phenoxy) is 1. The van der Waals surface area contributed by atoms with Gasteiger partial charge in [-0.15, -0.1) is 0 Å². The van der Waals surface area contributed by atoms with Crippen molar-refractivity contribution >= 4 is 24.0 Å². The van der Waals surface area contributed by atoms with Crippen molar-refractivity contribution in [1.82, 2.24) is 25.1 Å². The summed E-state index contributed by atoms with van der Waals surface area (Å²) >= 11 is 0. The molecular formula is C39H53N5O5. The molecule has 0 radical (unpaired) electrons. The van der Waals surface area contributed by atoms with Crippen molar-refractivity contribution in [3.8, 4) is 0 Å². The van der Waals surface area contributed by atoms with Gasteiger partial charge in [0.15, 0.2) is 0 Å². The van der Waals surface area contributed by atoms with Crippen LogP contribution in [0.1, 0.15) is 77.5 Å². The lowest BCUT2D eigenvalue weighted by Gasteiger charge is -2.36. The van der Waals surface area contributed by atoms with Crippen LogP contribution in [0.15, 0.2) is 85.5 Å². The highest BCUT2D eigenvalue weighted by Gasteiger charge is 2.35. The van der Waals surface area contributed by atoms with Crippen LogP contribution in [0, 0.1) is 11.8 Å². The third kappa shape index (κ3) is 11.9. The molecule has 4 atom stereocenters. The Labute approximate surface area is 290 Å². The molecule has 3 aromatic rings. The van der Waals surface area contributed by atoms with Gasteiger partial charge < -0.3 is 29.9 Å². The van der Waals surface area contributed by atoms with E-state index in [9.17, 15) is 19.5 Å². The first-order valence-corrected chi connectivity index (χ1v) is 17.4. The fourth-order valence-electron chi connectivity index (χ4n) is 6.16. The Morgan fingerprint density at radius 3 is 2.24 bits per heavy atom. The van der Waals surface area contributed by atoms with Crippen LogP contribution in [-0.4, -0.2) is 74.3 Å². The lowest BCUT2D eigenvalue weighted by atomic mass is 9.90. The number of imidazole rings is 1. The summed E-state index contributed by atoms with van der Waals surface area (Å²) < 4.78 is 7.60. The van der Waals surface area contributed by atoms with Gasteiger partial charge >= 0.3 is 6.09 Å². The zero-order valence-electron chi connectivity index (χ0n) is 29.5. The van der Waals surface area contributed by atoms with Crippen LogP contribution in [-0.2, 0) is 20.7 Å². The number of allylic oxidation sites excluding steroid dienone is 1. The van der Waals surface area contributed by atoms with Gasteiger partial charge in [-0.05, 0) is 69.9 Å². The van der Waals surface area contributed by atoms with Crippen molar-refractivity contribution in [2.45, 2.75) is 96.6 Å². The van der Waals surface area contributed by atoms with Gasteiger partial charge in [0.05, 0.1) is 18.5 Å². The summed E-state index contributed by atoms with van der Waals surface area (Å²) in [5, 5.41) is 17.6. The topological polar surface area (TPSA) is 126 Å². The zero-order valence-corrected chi connectivity index (χ0v) is 29.5. The number of nitrogens with one attached hydrogen (secondary N) is 2. The van der Waals surface area contributed by atoms with Gasteiger partial charge in [-0.1, -0.05) is 86.7 Å². The number of rotatable bonds is 14. The van der Waals surface area contributed by atoms with Gasteiger partial charge in [0.2, 0.25) is 11.8 Å². The Kier molecular flexibility index (Phi) is 13.6. The highest BCUT2D eigenvalue weighted by Crippen LogP contribution is 2.24. The van der Waals surface area contributed by atoms with Crippen molar-refractivity contribution in [3.63, 3.8) is 0 Å². The second kappa shape index (κ2) is 17.8. The van der Waals surface area contributed by atoms with Crippen molar-refractivity contribution in [1.29, 1.82) is 0 Å². The Morgan fingerprint density at radius 1 is 1.00 bits per heavy atom. The predicted molar refractivity (Wildman–Crippen MR) is 191 cm³/mol. The molecule has 1 aliphatic heterocycles. The van der Waals surface area contributed by atoms with E-state index in [4.69, 9.17) is 4.74 Å². The molecule has 1 aliphatic rings. The van der Waals surface area contributed by atoms with E-state index in [2.05, 4.69) is 20.2 Å². The molecule has 10 heteroatoms. The zero-order chi connectivity index (χ0) is 35.4. The minimum absolute atomic E-state index is 0.0631. The molecule has 1 aromatic heterocycles. The van der Waals surface area contributed by atoms with Crippen LogP contribution in [0.25, 0.3) is 6.08 Å². The third-order valence-corrected chi connectivity index (χ3v) is 8.85. The molecular weight excluding hydrogens is 618 g/mol.